The fourth-order valence-corrected chi connectivity index (χ4v) is 4.01. The third-order valence-electron chi connectivity index (χ3n) is 3.97. The summed E-state index contributed by atoms with van der Waals surface area (Å²) in [5.74, 6) is 2.14. The molecule has 1 heterocycles. The SMILES string of the molecule is CS(=O)(=O)c1cccnc1NCC1CCCCC1CCl. The maximum Gasteiger partial charge on any atom is 0.179 e. The van der Waals surface area contributed by atoms with Gasteiger partial charge in [0.05, 0.1) is 0 Å². The lowest BCUT2D eigenvalue weighted by molar-refractivity contribution is 0.271. The molecule has 1 fully saturated rings. The molecule has 20 heavy (non-hydrogen) atoms. The van der Waals surface area contributed by atoms with Crippen molar-refractivity contribution in [3.63, 3.8) is 0 Å². The molecule has 1 aromatic heterocycles. The van der Waals surface area contributed by atoms with Crippen LogP contribution >= 0.6 is 11.6 Å². The summed E-state index contributed by atoms with van der Waals surface area (Å²) in [5, 5.41) is 3.20. The molecule has 2 unspecified atom stereocenters. The molecule has 0 bridgehead atoms. The lowest BCUT2D eigenvalue weighted by Crippen LogP contribution is -2.28. The highest BCUT2D eigenvalue weighted by molar-refractivity contribution is 7.90. The van der Waals surface area contributed by atoms with E-state index in [1.165, 1.54) is 19.1 Å². The molecule has 1 aliphatic rings. The van der Waals surface area contributed by atoms with Crippen LogP contribution in [0.5, 0.6) is 0 Å². The molecule has 1 N–H and O–H groups in total. The number of alkyl halides is 1. The van der Waals surface area contributed by atoms with Crippen molar-refractivity contribution in [1.82, 2.24) is 4.98 Å². The lowest BCUT2D eigenvalue weighted by Gasteiger charge is -2.30. The first-order chi connectivity index (χ1) is 9.52. The fraction of sp³-hybridized carbons (Fsp3) is 0.643. The molecule has 112 valence electrons. The second-order valence-corrected chi connectivity index (χ2v) is 7.75. The highest BCUT2D eigenvalue weighted by atomic mass is 35.5. The Hall–Kier alpha value is -0.810. The van der Waals surface area contributed by atoms with Crippen LogP contribution in [0.25, 0.3) is 0 Å². The van der Waals surface area contributed by atoms with E-state index < -0.39 is 9.84 Å². The van der Waals surface area contributed by atoms with Gasteiger partial charge in [0, 0.05) is 24.9 Å². The molecular formula is C14H21ClN2O2S. The number of hydrogen-bond donors (Lipinski definition) is 1. The molecule has 0 aromatic carbocycles. The maximum atomic E-state index is 11.7. The van der Waals surface area contributed by atoms with Gasteiger partial charge in [0.1, 0.15) is 10.7 Å². The summed E-state index contributed by atoms with van der Waals surface area (Å²) >= 11 is 6.02. The Kier molecular flexibility index (Phi) is 5.27. The zero-order valence-corrected chi connectivity index (χ0v) is 13.3. The Morgan fingerprint density at radius 3 is 2.70 bits per heavy atom. The molecule has 0 spiro atoms. The van der Waals surface area contributed by atoms with E-state index >= 15 is 0 Å². The summed E-state index contributed by atoms with van der Waals surface area (Å²) in [6.45, 7) is 0.733. The van der Waals surface area contributed by atoms with Gasteiger partial charge in [-0.05, 0) is 36.8 Å². The average molecular weight is 317 g/mol. The monoisotopic (exact) mass is 316 g/mol. The number of nitrogens with one attached hydrogen (secondary N) is 1. The summed E-state index contributed by atoms with van der Waals surface area (Å²) in [6, 6.07) is 3.23. The van der Waals surface area contributed by atoms with Gasteiger partial charge in [0.25, 0.3) is 0 Å². The van der Waals surface area contributed by atoms with E-state index in [-0.39, 0.29) is 4.90 Å². The third-order valence-corrected chi connectivity index (χ3v) is 5.49. The van der Waals surface area contributed by atoms with Gasteiger partial charge in [0.2, 0.25) is 0 Å². The number of anilines is 1. The Morgan fingerprint density at radius 1 is 1.35 bits per heavy atom. The number of aromatic nitrogens is 1. The molecule has 1 aliphatic carbocycles. The van der Waals surface area contributed by atoms with Crippen LogP contribution in [0.1, 0.15) is 25.7 Å². The molecule has 0 amide bonds. The first-order valence-corrected chi connectivity index (χ1v) is 9.40. The van der Waals surface area contributed by atoms with Crippen molar-refractivity contribution in [2.75, 3.05) is 24.0 Å². The number of nitrogens with zero attached hydrogens (tertiary/aromatic N) is 1. The number of halogens is 1. The molecule has 2 atom stereocenters. The van der Waals surface area contributed by atoms with Gasteiger partial charge in [-0.3, -0.25) is 0 Å². The topological polar surface area (TPSA) is 59.1 Å². The van der Waals surface area contributed by atoms with Crippen molar-refractivity contribution < 1.29 is 8.42 Å². The standard InChI is InChI=1S/C14H21ClN2O2S/c1-20(18,19)13-7-4-8-16-14(13)17-10-12-6-3-2-5-11(12)9-15/h4,7-8,11-12H,2-3,5-6,9-10H2,1H3,(H,16,17). The summed E-state index contributed by atoms with van der Waals surface area (Å²) in [7, 11) is -3.26. The first kappa shape index (κ1) is 15.6. The van der Waals surface area contributed by atoms with Crippen LogP contribution in [0.4, 0.5) is 5.82 Å². The van der Waals surface area contributed by atoms with Crippen LogP contribution < -0.4 is 5.32 Å². The number of rotatable bonds is 5. The van der Waals surface area contributed by atoms with Crippen LogP contribution in [-0.2, 0) is 9.84 Å². The number of pyridine rings is 1. The average Bonchev–Trinajstić information content (AvgIpc) is 2.44. The van der Waals surface area contributed by atoms with Crippen molar-refractivity contribution in [2.45, 2.75) is 30.6 Å². The summed E-state index contributed by atoms with van der Waals surface area (Å²) in [4.78, 5) is 4.42. The van der Waals surface area contributed by atoms with Crippen LogP contribution in [0, 0.1) is 11.8 Å². The quantitative estimate of drug-likeness (QED) is 0.848. The van der Waals surface area contributed by atoms with Gasteiger partial charge in [-0.1, -0.05) is 12.8 Å². The minimum absolute atomic E-state index is 0.262. The van der Waals surface area contributed by atoms with Gasteiger partial charge in [-0.2, -0.15) is 0 Å². The first-order valence-electron chi connectivity index (χ1n) is 6.97. The number of sulfone groups is 1. The molecule has 1 aromatic rings. The summed E-state index contributed by atoms with van der Waals surface area (Å²) in [5.41, 5.74) is 0. The Morgan fingerprint density at radius 2 is 2.05 bits per heavy atom. The molecule has 0 radical (unpaired) electrons. The minimum atomic E-state index is -3.26. The molecule has 4 nitrogen and oxygen atoms in total. The summed E-state index contributed by atoms with van der Waals surface area (Å²) < 4.78 is 23.4. The fourth-order valence-electron chi connectivity index (χ4n) is 2.81. The largest absolute Gasteiger partial charge is 0.369 e. The van der Waals surface area contributed by atoms with Crippen molar-refractivity contribution >= 4 is 27.3 Å². The molecule has 0 saturated heterocycles. The van der Waals surface area contributed by atoms with Crippen LogP contribution in [0.15, 0.2) is 23.2 Å². The predicted octanol–water partition coefficient (Wildman–Crippen LogP) is 2.94. The zero-order chi connectivity index (χ0) is 14.6. The molecule has 0 aliphatic heterocycles. The van der Waals surface area contributed by atoms with Crippen molar-refractivity contribution in [1.29, 1.82) is 0 Å². The van der Waals surface area contributed by atoms with Gasteiger partial charge in [-0.15, -0.1) is 11.6 Å². The van der Waals surface area contributed by atoms with Crippen LogP contribution in [0.2, 0.25) is 0 Å². The zero-order valence-electron chi connectivity index (χ0n) is 11.7. The van der Waals surface area contributed by atoms with Crippen molar-refractivity contribution in [3.05, 3.63) is 18.3 Å². The Balaban J connectivity index is 2.07. The lowest BCUT2D eigenvalue weighted by atomic mass is 9.80. The smallest absolute Gasteiger partial charge is 0.179 e. The molecule has 1 saturated carbocycles. The van der Waals surface area contributed by atoms with E-state index in [0.717, 1.165) is 19.4 Å². The van der Waals surface area contributed by atoms with Gasteiger partial charge >= 0.3 is 0 Å². The Bertz CT molecular complexity index is 548. The van der Waals surface area contributed by atoms with Gasteiger partial charge < -0.3 is 5.32 Å². The van der Waals surface area contributed by atoms with Crippen molar-refractivity contribution in [3.8, 4) is 0 Å². The molecule has 2 rings (SSSR count). The highest BCUT2D eigenvalue weighted by Crippen LogP contribution is 2.31. The second kappa shape index (κ2) is 6.76. The van der Waals surface area contributed by atoms with E-state index in [2.05, 4.69) is 10.3 Å². The highest BCUT2D eigenvalue weighted by Gasteiger charge is 2.24. The van der Waals surface area contributed by atoms with E-state index in [0.29, 0.717) is 23.5 Å². The Labute approximate surface area is 125 Å². The van der Waals surface area contributed by atoms with Crippen LogP contribution in [0.3, 0.4) is 0 Å². The maximum absolute atomic E-state index is 11.7. The van der Waals surface area contributed by atoms with Crippen LogP contribution in [-0.4, -0.2) is 32.1 Å². The number of hydrogen-bond acceptors (Lipinski definition) is 4. The summed E-state index contributed by atoms with van der Waals surface area (Å²) in [6.07, 6.45) is 7.59. The van der Waals surface area contributed by atoms with E-state index in [4.69, 9.17) is 11.6 Å². The second-order valence-electron chi connectivity index (χ2n) is 5.46. The molecule has 6 heteroatoms. The molecular weight excluding hydrogens is 296 g/mol. The van der Waals surface area contributed by atoms with E-state index in [1.54, 1.807) is 18.3 Å². The van der Waals surface area contributed by atoms with Gasteiger partial charge in [0.15, 0.2) is 9.84 Å². The van der Waals surface area contributed by atoms with E-state index in [9.17, 15) is 8.42 Å². The third kappa shape index (κ3) is 3.85. The van der Waals surface area contributed by atoms with Crippen molar-refractivity contribution in [2.24, 2.45) is 11.8 Å². The minimum Gasteiger partial charge on any atom is -0.369 e. The normalized spacial score (nSPS) is 23.5. The predicted molar refractivity (Wildman–Crippen MR) is 82.0 cm³/mol. The van der Waals surface area contributed by atoms with Gasteiger partial charge in [-0.25, -0.2) is 13.4 Å². The van der Waals surface area contributed by atoms with E-state index in [1.807, 2.05) is 0 Å².